The van der Waals surface area contributed by atoms with Gasteiger partial charge in [0.05, 0.1) is 5.69 Å². The average molecular weight is 295 g/mol. The summed E-state index contributed by atoms with van der Waals surface area (Å²) in [4.78, 5) is 2.56. The largest absolute Gasteiger partial charge is 0.368 e. The molecule has 1 aromatic carbocycles. The van der Waals surface area contributed by atoms with E-state index in [1.165, 1.54) is 0 Å². The SMILES string of the molecule is C[C@H]1CN(c2ccccc2S(=O)(=O)NC2CC2)CCN1. The maximum Gasteiger partial charge on any atom is 0.242 e. The Morgan fingerprint density at radius 1 is 1.30 bits per heavy atom. The Bertz CT molecular complexity index is 584. The highest BCUT2D eigenvalue weighted by atomic mass is 32.2. The van der Waals surface area contributed by atoms with Crippen LogP contribution < -0.4 is 14.9 Å². The van der Waals surface area contributed by atoms with Gasteiger partial charge in [0.15, 0.2) is 0 Å². The molecule has 0 unspecified atom stereocenters. The van der Waals surface area contributed by atoms with E-state index in [2.05, 4.69) is 21.9 Å². The predicted octanol–water partition coefficient (Wildman–Crippen LogP) is 0.925. The fourth-order valence-corrected chi connectivity index (χ4v) is 4.11. The van der Waals surface area contributed by atoms with Crippen LogP contribution in [-0.4, -0.2) is 40.1 Å². The molecule has 5 nitrogen and oxygen atoms in total. The number of rotatable bonds is 4. The van der Waals surface area contributed by atoms with Crippen LogP contribution in [0.25, 0.3) is 0 Å². The summed E-state index contributed by atoms with van der Waals surface area (Å²) in [5.74, 6) is 0. The second-order valence-corrected chi connectivity index (χ2v) is 7.35. The Kier molecular flexibility index (Phi) is 3.70. The van der Waals surface area contributed by atoms with Gasteiger partial charge < -0.3 is 10.2 Å². The quantitative estimate of drug-likeness (QED) is 0.867. The average Bonchev–Trinajstić information content (AvgIpc) is 3.22. The summed E-state index contributed by atoms with van der Waals surface area (Å²) in [7, 11) is -3.41. The van der Waals surface area contributed by atoms with Crippen LogP contribution in [0.1, 0.15) is 19.8 Å². The van der Waals surface area contributed by atoms with Crippen LogP contribution in [0.4, 0.5) is 5.69 Å². The Morgan fingerprint density at radius 2 is 2.05 bits per heavy atom. The van der Waals surface area contributed by atoms with Gasteiger partial charge in [0.1, 0.15) is 4.90 Å². The molecule has 6 heteroatoms. The van der Waals surface area contributed by atoms with Crippen LogP contribution in [0.2, 0.25) is 0 Å². The highest BCUT2D eigenvalue weighted by Crippen LogP contribution is 2.28. The summed E-state index contributed by atoms with van der Waals surface area (Å²) >= 11 is 0. The molecule has 1 heterocycles. The molecule has 0 radical (unpaired) electrons. The van der Waals surface area contributed by atoms with Gasteiger partial charge in [-0.05, 0) is 31.9 Å². The van der Waals surface area contributed by atoms with Gasteiger partial charge in [-0.2, -0.15) is 0 Å². The molecule has 20 heavy (non-hydrogen) atoms. The van der Waals surface area contributed by atoms with Gasteiger partial charge in [-0.3, -0.25) is 0 Å². The van der Waals surface area contributed by atoms with Crippen molar-refractivity contribution in [1.29, 1.82) is 0 Å². The maximum atomic E-state index is 12.5. The monoisotopic (exact) mass is 295 g/mol. The second kappa shape index (κ2) is 5.35. The van der Waals surface area contributed by atoms with Crippen LogP contribution in [0, 0.1) is 0 Å². The number of piperazine rings is 1. The number of sulfonamides is 1. The molecule has 1 aliphatic heterocycles. The number of anilines is 1. The van der Waals surface area contributed by atoms with Crippen LogP contribution >= 0.6 is 0 Å². The lowest BCUT2D eigenvalue weighted by molar-refractivity contribution is 0.482. The lowest BCUT2D eigenvalue weighted by atomic mass is 10.2. The predicted molar refractivity (Wildman–Crippen MR) is 79.5 cm³/mol. The Balaban J connectivity index is 1.91. The summed E-state index contributed by atoms with van der Waals surface area (Å²) < 4.78 is 27.7. The van der Waals surface area contributed by atoms with Crippen molar-refractivity contribution in [2.75, 3.05) is 24.5 Å². The zero-order valence-corrected chi connectivity index (χ0v) is 12.5. The van der Waals surface area contributed by atoms with E-state index in [4.69, 9.17) is 0 Å². The van der Waals surface area contributed by atoms with E-state index in [-0.39, 0.29) is 6.04 Å². The fraction of sp³-hybridized carbons (Fsp3) is 0.571. The number of hydrogen-bond donors (Lipinski definition) is 2. The first-order valence-corrected chi connectivity index (χ1v) is 8.64. The van der Waals surface area contributed by atoms with Crippen LogP contribution in [0.5, 0.6) is 0 Å². The number of para-hydroxylation sites is 1. The molecule has 0 amide bonds. The minimum Gasteiger partial charge on any atom is -0.368 e. The van der Waals surface area contributed by atoms with Gasteiger partial charge in [-0.25, -0.2) is 13.1 Å². The van der Waals surface area contributed by atoms with E-state index in [1.807, 2.05) is 12.1 Å². The van der Waals surface area contributed by atoms with Gasteiger partial charge in [0.25, 0.3) is 0 Å². The summed E-state index contributed by atoms with van der Waals surface area (Å²) in [6, 6.07) is 7.80. The maximum absolute atomic E-state index is 12.5. The molecule has 0 aromatic heterocycles. The van der Waals surface area contributed by atoms with Crippen molar-refractivity contribution in [2.24, 2.45) is 0 Å². The molecular formula is C14H21N3O2S. The van der Waals surface area contributed by atoms with Crippen molar-refractivity contribution in [2.45, 2.75) is 36.7 Å². The third-order valence-electron chi connectivity index (χ3n) is 3.76. The van der Waals surface area contributed by atoms with Crippen LogP contribution in [0.3, 0.4) is 0 Å². The Labute approximate surface area is 120 Å². The summed E-state index contributed by atoms with van der Waals surface area (Å²) in [6.07, 6.45) is 1.90. The highest BCUT2D eigenvalue weighted by molar-refractivity contribution is 7.89. The molecule has 0 spiro atoms. The third-order valence-corrected chi connectivity index (χ3v) is 5.33. The Hall–Kier alpha value is -1.11. The normalized spacial score (nSPS) is 23.9. The Morgan fingerprint density at radius 3 is 2.75 bits per heavy atom. The first-order valence-electron chi connectivity index (χ1n) is 7.16. The van der Waals surface area contributed by atoms with Gasteiger partial charge in [-0.1, -0.05) is 12.1 Å². The van der Waals surface area contributed by atoms with Gasteiger partial charge >= 0.3 is 0 Å². The summed E-state index contributed by atoms with van der Waals surface area (Å²) in [5, 5.41) is 3.38. The molecule has 1 saturated heterocycles. The first-order chi connectivity index (χ1) is 9.56. The third kappa shape index (κ3) is 2.97. The lowest BCUT2D eigenvalue weighted by Gasteiger charge is -2.34. The fourth-order valence-electron chi connectivity index (χ4n) is 2.58. The molecule has 0 bridgehead atoms. The van der Waals surface area contributed by atoms with E-state index in [1.54, 1.807) is 12.1 Å². The molecule has 3 rings (SSSR count). The van der Waals surface area contributed by atoms with Crippen molar-refractivity contribution < 1.29 is 8.42 Å². The summed E-state index contributed by atoms with van der Waals surface area (Å²) in [5.41, 5.74) is 0.814. The molecular weight excluding hydrogens is 274 g/mol. The van der Waals surface area contributed by atoms with E-state index in [9.17, 15) is 8.42 Å². The molecule has 2 N–H and O–H groups in total. The molecule has 1 aliphatic carbocycles. The zero-order chi connectivity index (χ0) is 14.2. The molecule has 110 valence electrons. The molecule has 2 fully saturated rings. The standard InChI is InChI=1S/C14H21N3O2S/c1-11-10-17(9-8-15-11)13-4-2-3-5-14(13)20(18,19)16-12-6-7-12/h2-5,11-12,15-16H,6-10H2,1H3/t11-/m0/s1. The van der Waals surface area contributed by atoms with Gasteiger partial charge in [-0.15, -0.1) is 0 Å². The minimum absolute atomic E-state index is 0.134. The van der Waals surface area contributed by atoms with Crippen molar-refractivity contribution in [3.8, 4) is 0 Å². The molecule has 1 aromatic rings. The van der Waals surface area contributed by atoms with Crippen molar-refractivity contribution in [3.05, 3.63) is 24.3 Å². The van der Waals surface area contributed by atoms with Crippen molar-refractivity contribution >= 4 is 15.7 Å². The van der Waals surface area contributed by atoms with Crippen LogP contribution in [-0.2, 0) is 10.0 Å². The number of benzene rings is 1. The minimum atomic E-state index is -3.41. The highest BCUT2D eigenvalue weighted by Gasteiger charge is 2.30. The van der Waals surface area contributed by atoms with E-state index >= 15 is 0 Å². The smallest absolute Gasteiger partial charge is 0.242 e. The van der Waals surface area contributed by atoms with Crippen molar-refractivity contribution in [3.63, 3.8) is 0 Å². The van der Waals surface area contributed by atoms with E-state index in [0.29, 0.717) is 10.9 Å². The molecule has 2 aliphatic rings. The molecule has 1 atom stereocenters. The van der Waals surface area contributed by atoms with Gasteiger partial charge in [0.2, 0.25) is 10.0 Å². The second-order valence-electron chi connectivity index (χ2n) is 5.66. The van der Waals surface area contributed by atoms with E-state index in [0.717, 1.165) is 38.2 Å². The summed E-state index contributed by atoms with van der Waals surface area (Å²) in [6.45, 7) is 4.66. The number of nitrogens with one attached hydrogen (secondary N) is 2. The van der Waals surface area contributed by atoms with Crippen LogP contribution in [0.15, 0.2) is 29.2 Å². The van der Waals surface area contributed by atoms with Crippen molar-refractivity contribution in [1.82, 2.24) is 10.0 Å². The lowest BCUT2D eigenvalue weighted by Crippen LogP contribution is -2.49. The van der Waals surface area contributed by atoms with Gasteiger partial charge in [0, 0.05) is 31.7 Å². The molecule has 1 saturated carbocycles. The van der Waals surface area contributed by atoms with E-state index < -0.39 is 10.0 Å². The number of hydrogen-bond acceptors (Lipinski definition) is 4. The first kappa shape index (κ1) is 13.9. The topological polar surface area (TPSA) is 61.4 Å². The zero-order valence-electron chi connectivity index (χ0n) is 11.7. The number of nitrogens with zero attached hydrogens (tertiary/aromatic N) is 1.